The minimum absolute atomic E-state index is 0.194. The fraction of sp³-hybridized carbons (Fsp3) is 0.889. The van der Waals surface area contributed by atoms with Gasteiger partial charge in [-0.2, -0.15) is 0 Å². The fourth-order valence-corrected chi connectivity index (χ4v) is 2.61. The number of rotatable bonds is 4. The molecular formula is C18H34N2O6. The van der Waals surface area contributed by atoms with Gasteiger partial charge in [0.2, 0.25) is 0 Å². The molecule has 1 rings (SSSR count). The summed E-state index contributed by atoms with van der Waals surface area (Å²) in [5.74, 6) is 0. The van der Waals surface area contributed by atoms with Crippen molar-refractivity contribution in [3.63, 3.8) is 0 Å². The van der Waals surface area contributed by atoms with Gasteiger partial charge in [0.1, 0.15) is 16.9 Å². The first-order valence-corrected chi connectivity index (χ1v) is 8.93. The second kappa shape index (κ2) is 8.00. The first-order chi connectivity index (χ1) is 11.6. The van der Waals surface area contributed by atoms with Crippen molar-refractivity contribution in [1.82, 2.24) is 10.2 Å². The van der Waals surface area contributed by atoms with Gasteiger partial charge in [0.15, 0.2) is 0 Å². The minimum Gasteiger partial charge on any atom is -0.444 e. The maximum absolute atomic E-state index is 12.6. The van der Waals surface area contributed by atoms with E-state index in [1.54, 1.807) is 55.4 Å². The van der Waals surface area contributed by atoms with E-state index in [2.05, 4.69) is 5.32 Å². The van der Waals surface area contributed by atoms with Gasteiger partial charge in [-0.1, -0.05) is 0 Å². The van der Waals surface area contributed by atoms with Crippen LogP contribution in [0.5, 0.6) is 0 Å². The van der Waals surface area contributed by atoms with Gasteiger partial charge in [-0.25, -0.2) is 9.59 Å². The van der Waals surface area contributed by atoms with E-state index in [1.807, 2.05) is 0 Å². The molecule has 0 saturated carbocycles. The monoisotopic (exact) mass is 374 g/mol. The third-order valence-electron chi connectivity index (χ3n) is 3.66. The van der Waals surface area contributed by atoms with Crippen LogP contribution in [0.2, 0.25) is 0 Å². The van der Waals surface area contributed by atoms with Crippen LogP contribution in [0.25, 0.3) is 0 Å². The average Bonchev–Trinajstić information content (AvgIpc) is 2.70. The predicted octanol–water partition coefficient (Wildman–Crippen LogP) is 2.63. The molecular weight excluding hydrogens is 340 g/mol. The molecule has 0 aromatic rings. The molecule has 0 aromatic heterocycles. The van der Waals surface area contributed by atoms with E-state index >= 15 is 0 Å². The van der Waals surface area contributed by atoms with Crippen LogP contribution >= 0.6 is 0 Å². The number of hydrogen-bond donors (Lipinski definition) is 2. The lowest BCUT2D eigenvalue weighted by Gasteiger charge is -2.36. The largest absolute Gasteiger partial charge is 0.444 e. The summed E-state index contributed by atoms with van der Waals surface area (Å²) in [6.45, 7) is 14.6. The molecule has 1 heterocycles. The Labute approximate surface area is 156 Å². The summed E-state index contributed by atoms with van der Waals surface area (Å²) in [5, 5.41) is 13.1. The minimum atomic E-state index is -0.882. The Morgan fingerprint density at radius 3 is 2.23 bits per heavy atom. The molecule has 0 spiro atoms. The van der Waals surface area contributed by atoms with Crippen molar-refractivity contribution in [2.24, 2.45) is 0 Å². The number of aliphatic hydroxyl groups excluding tert-OH is 1. The first-order valence-electron chi connectivity index (χ1n) is 8.93. The normalized spacial score (nSPS) is 21.3. The number of carbonyl (C=O) groups excluding carboxylic acids is 2. The van der Waals surface area contributed by atoms with E-state index in [0.717, 1.165) is 0 Å². The van der Waals surface area contributed by atoms with Crippen molar-refractivity contribution in [2.75, 3.05) is 13.2 Å². The van der Waals surface area contributed by atoms with Gasteiger partial charge < -0.3 is 24.6 Å². The molecule has 8 nitrogen and oxygen atoms in total. The number of hydrogen-bond acceptors (Lipinski definition) is 6. The first kappa shape index (κ1) is 22.5. The van der Waals surface area contributed by atoms with Crippen LogP contribution in [0.15, 0.2) is 0 Å². The van der Waals surface area contributed by atoms with E-state index in [9.17, 15) is 14.7 Å². The number of carbonyl (C=O) groups is 2. The lowest BCUT2D eigenvalue weighted by atomic mass is 10.1. The lowest BCUT2D eigenvalue weighted by Crippen LogP contribution is -2.53. The molecule has 0 bridgehead atoms. The zero-order chi connectivity index (χ0) is 20.3. The average molecular weight is 374 g/mol. The Hall–Kier alpha value is -1.54. The van der Waals surface area contributed by atoms with Crippen LogP contribution in [-0.2, 0) is 14.2 Å². The molecule has 1 aliphatic rings. The van der Waals surface area contributed by atoms with Crippen molar-refractivity contribution >= 4 is 12.2 Å². The highest BCUT2D eigenvalue weighted by molar-refractivity contribution is 5.70. The van der Waals surface area contributed by atoms with Crippen molar-refractivity contribution < 1.29 is 28.9 Å². The molecule has 8 heteroatoms. The molecule has 2 N–H and O–H groups in total. The maximum Gasteiger partial charge on any atom is 0.412 e. The lowest BCUT2D eigenvalue weighted by molar-refractivity contribution is -0.0680. The van der Waals surface area contributed by atoms with Crippen LogP contribution in [0.1, 0.15) is 61.8 Å². The molecule has 1 aliphatic heterocycles. The molecule has 2 amide bonds. The Balaban J connectivity index is 2.64. The predicted molar refractivity (Wildman–Crippen MR) is 96.8 cm³/mol. The van der Waals surface area contributed by atoms with E-state index < -0.39 is 41.3 Å². The Kier molecular flexibility index (Phi) is 6.92. The summed E-state index contributed by atoms with van der Waals surface area (Å²) in [4.78, 5) is 25.6. The van der Waals surface area contributed by atoms with E-state index in [-0.39, 0.29) is 19.6 Å². The molecule has 0 radical (unpaired) electrons. The summed E-state index contributed by atoms with van der Waals surface area (Å²) in [7, 11) is 0. The topological polar surface area (TPSA) is 97.3 Å². The molecule has 1 fully saturated rings. The Bertz CT molecular complexity index is 507. The molecule has 1 saturated heterocycles. The zero-order valence-electron chi connectivity index (χ0n) is 17.2. The zero-order valence-corrected chi connectivity index (χ0v) is 17.2. The van der Waals surface area contributed by atoms with Crippen molar-refractivity contribution in [2.45, 2.75) is 90.9 Å². The van der Waals surface area contributed by atoms with Crippen LogP contribution in [-0.4, -0.2) is 64.4 Å². The number of nitrogens with one attached hydrogen (secondary N) is 1. The SMILES string of the molecule is CC(C)(C)OC(=O)NCCC(O)C1COC(C)(C)N1C(=O)OC(C)(C)C. The second-order valence-electron chi connectivity index (χ2n) is 8.96. The van der Waals surface area contributed by atoms with Gasteiger partial charge in [0, 0.05) is 6.54 Å². The summed E-state index contributed by atoms with van der Waals surface area (Å²) in [6.07, 6.45) is -1.71. The number of amides is 2. The second-order valence-corrected chi connectivity index (χ2v) is 8.96. The Morgan fingerprint density at radius 1 is 1.19 bits per heavy atom. The highest BCUT2D eigenvalue weighted by Crippen LogP contribution is 2.31. The van der Waals surface area contributed by atoms with Crippen LogP contribution in [0.3, 0.4) is 0 Å². The number of ether oxygens (including phenoxy) is 3. The van der Waals surface area contributed by atoms with Crippen LogP contribution in [0.4, 0.5) is 9.59 Å². The van der Waals surface area contributed by atoms with E-state index in [4.69, 9.17) is 14.2 Å². The van der Waals surface area contributed by atoms with Gasteiger partial charge in [-0.15, -0.1) is 0 Å². The number of alkyl carbamates (subject to hydrolysis) is 1. The van der Waals surface area contributed by atoms with Crippen LogP contribution in [0, 0.1) is 0 Å². The third kappa shape index (κ3) is 6.99. The standard InChI is InChI=1S/C18H34N2O6/c1-16(2,3)25-14(22)19-10-9-13(21)12-11-24-18(7,8)20(12)15(23)26-17(4,5)6/h12-13,21H,9-11H2,1-8H3,(H,19,22). The maximum atomic E-state index is 12.6. The van der Waals surface area contributed by atoms with Crippen molar-refractivity contribution in [3.8, 4) is 0 Å². The van der Waals surface area contributed by atoms with Gasteiger partial charge in [-0.05, 0) is 61.8 Å². The molecule has 26 heavy (non-hydrogen) atoms. The van der Waals surface area contributed by atoms with Gasteiger partial charge in [-0.3, -0.25) is 4.90 Å². The van der Waals surface area contributed by atoms with Crippen molar-refractivity contribution in [1.29, 1.82) is 0 Å². The highest BCUT2D eigenvalue weighted by Gasteiger charge is 2.48. The number of aliphatic hydroxyl groups is 1. The summed E-state index contributed by atoms with van der Waals surface area (Å²) in [5.41, 5.74) is -2.12. The van der Waals surface area contributed by atoms with E-state index in [0.29, 0.717) is 0 Å². The number of nitrogens with zero attached hydrogens (tertiary/aromatic N) is 1. The smallest absolute Gasteiger partial charge is 0.412 e. The summed E-state index contributed by atoms with van der Waals surface area (Å²) in [6, 6.07) is -0.555. The molecule has 0 aromatic carbocycles. The summed E-state index contributed by atoms with van der Waals surface area (Å²) < 4.78 is 16.3. The Morgan fingerprint density at radius 2 is 1.73 bits per heavy atom. The van der Waals surface area contributed by atoms with Gasteiger partial charge in [0.25, 0.3) is 0 Å². The fourth-order valence-electron chi connectivity index (χ4n) is 2.61. The third-order valence-corrected chi connectivity index (χ3v) is 3.66. The highest BCUT2D eigenvalue weighted by atomic mass is 16.6. The van der Waals surface area contributed by atoms with Crippen LogP contribution < -0.4 is 5.32 Å². The molecule has 2 atom stereocenters. The van der Waals surface area contributed by atoms with Gasteiger partial charge >= 0.3 is 12.2 Å². The quantitative estimate of drug-likeness (QED) is 0.785. The molecule has 152 valence electrons. The summed E-state index contributed by atoms with van der Waals surface area (Å²) >= 11 is 0. The van der Waals surface area contributed by atoms with Crippen molar-refractivity contribution in [3.05, 3.63) is 0 Å². The molecule has 0 aliphatic carbocycles. The van der Waals surface area contributed by atoms with Gasteiger partial charge in [0.05, 0.1) is 18.8 Å². The van der Waals surface area contributed by atoms with E-state index in [1.165, 1.54) is 4.90 Å². The molecule has 2 unspecified atom stereocenters.